The molecule has 15 nitrogen and oxygen atoms in total. The number of hydrogen-bond acceptors (Lipinski definition) is 8. The largest absolute Gasteiger partial charge is 0.480 e. The first-order chi connectivity index (χ1) is 15.0. The lowest BCUT2D eigenvalue weighted by Gasteiger charge is -2.17. The van der Waals surface area contributed by atoms with Crippen molar-refractivity contribution in [2.75, 3.05) is 6.61 Å². The van der Waals surface area contributed by atoms with Gasteiger partial charge in [0.25, 0.3) is 11.1 Å². The Kier molecular flexibility index (Phi) is 10.9. The Morgan fingerprint density at radius 2 is 1.55 bits per heavy atom. The number of aliphatic carboxylic acids is 2. The van der Waals surface area contributed by atoms with Gasteiger partial charge in [-0.2, -0.15) is 0 Å². The first-order valence-electron chi connectivity index (χ1n) is 8.96. The van der Waals surface area contributed by atoms with Crippen LogP contribution in [0.3, 0.4) is 0 Å². The van der Waals surface area contributed by atoms with E-state index in [1.165, 1.54) is 13.1 Å². The Morgan fingerprint density at radius 3 is 1.94 bits per heavy atom. The average Bonchev–Trinajstić information content (AvgIpc) is 2.64. The Morgan fingerprint density at radius 1 is 0.970 bits per heavy atom. The standard InChI is InChI=1S/C7H8N2O4.C6H12O3.C5H4N2O4/c1-4-2-9(3-5(10)11)7(13)8-6(4)12;1-6(2,3)9-4-5(7)8;8-3-1-2(4(9)10)6-5(11)7-3/h2H,3H2,1H3,(H,10,11)(H,8,12,13);4H2,1-3H3,(H,7,8);1H,(H,9,10)(H2,6,7,8,11). The number of hydrogen-bond donors (Lipinski definition) is 6. The summed E-state index contributed by atoms with van der Waals surface area (Å²) in [6, 6.07) is 0.795. The van der Waals surface area contributed by atoms with Crippen LogP contribution in [-0.2, 0) is 20.9 Å². The third-order valence-electron chi connectivity index (χ3n) is 3.11. The minimum Gasteiger partial charge on any atom is -0.480 e. The summed E-state index contributed by atoms with van der Waals surface area (Å²) in [4.78, 5) is 78.9. The van der Waals surface area contributed by atoms with Crippen molar-refractivity contribution in [2.45, 2.75) is 39.8 Å². The maximum atomic E-state index is 11.0. The number of aromatic amines is 3. The van der Waals surface area contributed by atoms with Gasteiger partial charge in [-0.25, -0.2) is 19.2 Å². The summed E-state index contributed by atoms with van der Waals surface area (Å²) >= 11 is 0. The van der Waals surface area contributed by atoms with Crippen molar-refractivity contribution in [3.05, 3.63) is 65.2 Å². The smallest absolute Gasteiger partial charge is 0.352 e. The quantitative estimate of drug-likeness (QED) is 0.295. The Hall–Kier alpha value is -4.27. The SMILES string of the molecule is CC(C)(C)OCC(=O)O.Cc1cn(CC(=O)O)c(=O)[nH]c1=O.O=C(O)c1cc(=O)[nH]c(=O)[nH]1. The fourth-order valence-electron chi connectivity index (χ4n) is 1.74. The Labute approximate surface area is 184 Å². The number of aromatic carboxylic acids is 1. The van der Waals surface area contributed by atoms with E-state index < -0.39 is 52.6 Å². The van der Waals surface area contributed by atoms with Gasteiger partial charge >= 0.3 is 29.3 Å². The monoisotopic (exact) mass is 472 g/mol. The normalized spacial score (nSPS) is 10.2. The van der Waals surface area contributed by atoms with E-state index in [-0.39, 0.29) is 12.2 Å². The molecular formula is C18H24N4O11. The van der Waals surface area contributed by atoms with Gasteiger partial charge in [0.1, 0.15) is 18.8 Å². The molecule has 2 rings (SSSR count). The number of carboxylic acid groups (broad SMARTS) is 3. The highest BCUT2D eigenvalue weighted by atomic mass is 16.5. The van der Waals surface area contributed by atoms with Crippen LogP contribution in [0.5, 0.6) is 0 Å². The molecule has 0 aliphatic carbocycles. The van der Waals surface area contributed by atoms with Crippen LogP contribution in [0, 0.1) is 6.92 Å². The first kappa shape index (κ1) is 28.7. The van der Waals surface area contributed by atoms with E-state index in [9.17, 15) is 33.6 Å². The van der Waals surface area contributed by atoms with Crippen molar-refractivity contribution in [3.63, 3.8) is 0 Å². The van der Waals surface area contributed by atoms with Crippen molar-refractivity contribution in [1.29, 1.82) is 0 Å². The number of rotatable bonds is 5. The molecule has 182 valence electrons. The number of carbonyl (C=O) groups is 3. The molecule has 0 unspecified atom stereocenters. The lowest BCUT2D eigenvalue weighted by Crippen LogP contribution is -2.32. The number of H-pyrrole nitrogens is 3. The molecule has 0 bridgehead atoms. The molecule has 6 N–H and O–H groups in total. The van der Waals surface area contributed by atoms with Gasteiger partial charge in [0, 0.05) is 17.8 Å². The van der Waals surface area contributed by atoms with Gasteiger partial charge < -0.3 is 25.0 Å². The minimum atomic E-state index is -1.34. The van der Waals surface area contributed by atoms with Crippen molar-refractivity contribution in [1.82, 2.24) is 19.5 Å². The van der Waals surface area contributed by atoms with E-state index >= 15 is 0 Å². The van der Waals surface area contributed by atoms with Crippen molar-refractivity contribution in [2.24, 2.45) is 0 Å². The highest BCUT2D eigenvalue weighted by Crippen LogP contribution is 2.05. The molecule has 2 aromatic heterocycles. The molecule has 0 aliphatic rings. The van der Waals surface area contributed by atoms with Gasteiger partial charge in [-0.15, -0.1) is 0 Å². The number of aromatic nitrogens is 4. The molecule has 2 aromatic rings. The molecule has 33 heavy (non-hydrogen) atoms. The summed E-state index contributed by atoms with van der Waals surface area (Å²) in [7, 11) is 0. The third-order valence-corrected chi connectivity index (χ3v) is 3.11. The molecule has 0 saturated heterocycles. The second kappa shape index (κ2) is 12.6. The second-order valence-corrected chi connectivity index (χ2v) is 7.19. The molecule has 0 atom stereocenters. The lowest BCUT2D eigenvalue weighted by molar-refractivity contribution is -0.147. The van der Waals surface area contributed by atoms with Crippen molar-refractivity contribution >= 4 is 17.9 Å². The average molecular weight is 472 g/mol. The van der Waals surface area contributed by atoms with Gasteiger partial charge in [-0.3, -0.25) is 28.9 Å². The van der Waals surface area contributed by atoms with Crippen LogP contribution in [-0.4, -0.2) is 65.0 Å². The molecule has 15 heteroatoms. The summed E-state index contributed by atoms with van der Waals surface area (Å²) in [5, 5.41) is 24.9. The van der Waals surface area contributed by atoms with Gasteiger partial charge in [-0.05, 0) is 27.7 Å². The van der Waals surface area contributed by atoms with Crippen LogP contribution in [0.1, 0.15) is 36.8 Å². The van der Waals surface area contributed by atoms with Crippen LogP contribution in [0.2, 0.25) is 0 Å². The lowest BCUT2D eigenvalue weighted by atomic mass is 10.2. The zero-order valence-electron chi connectivity index (χ0n) is 18.1. The molecule has 0 saturated carbocycles. The summed E-state index contributed by atoms with van der Waals surface area (Å²) in [6.45, 7) is 6.28. The predicted octanol–water partition coefficient (Wildman–Crippen LogP) is -1.42. The first-order valence-corrected chi connectivity index (χ1v) is 8.96. The van der Waals surface area contributed by atoms with Crippen LogP contribution in [0.25, 0.3) is 0 Å². The Balaban J connectivity index is 0.000000475. The summed E-state index contributed by atoms with van der Waals surface area (Å²) in [5.74, 6) is -3.40. The number of nitrogens with one attached hydrogen (secondary N) is 3. The summed E-state index contributed by atoms with van der Waals surface area (Å²) < 4.78 is 5.82. The molecule has 0 fully saturated rings. The van der Waals surface area contributed by atoms with E-state index in [0.717, 1.165) is 10.6 Å². The number of carboxylic acids is 3. The molecule has 0 aliphatic heterocycles. The second-order valence-electron chi connectivity index (χ2n) is 7.19. The summed E-state index contributed by atoms with van der Waals surface area (Å²) in [6.07, 6.45) is 1.22. The number of nitrogens with zero attached hydrogens (tertiary/aromatic N) is 1. The molecule has 2 heterocycles. The van der Waals surface area contributed by atoms with Crippen LogP contribution >= 0.6 is 0 Å². The zero-order valence-corrected chi connectivity index (χ0v) is 18.1. The van der Waals surface area contributed by atoms with Gasteiger partial charge in [-0.1, -0.05) is 0 Å². The maximum Gasteiger partial charge on any atom is 0.352 e. The van der Waals surface area contributed by atoms with Crippen LogP contribution in [0.4, 0.5) is 0 Å². The van der Waals surface area contributed by atoms with E-state index in [2.05, 4.69) is 0 Å². The fraction of sp³-hybridized carbons (Fsp3) is 0.389. The van der Waals surface area contributed by atoms with E-state index in [1.807, 2.05) is 35.7 Å². The van der Waals surface area contributed by atoms with Crippen LogP contribution < -0.4 is 22.5 Å². The zero-order chi connectivity index (χ0) is 25.9. The van der Waals surface area contributed by atoms with E-state index in [0.29, 0.717) is 5.56 Å². The highest BCUT2D eigenvalue weighted by Gasteiger charge is 2.11. The number of ether oxygens (including phenoxy) is 1. The van der Waals surface area contributed by atoms with E-state index in [1.54, 1.807) is 0 Å². The molecule has 0 aromatic carbocycles. The van der Waals surface area contributed by atoms with Crippen molar-refractivity contribution < 1.29 is 34.4 Å². The van der Waals surface area contributed by atoms with Gasteiger partial charge in [0.05, 0.1) is 5.60 Å². The topological polar surface area (TPSA) is 242 Å². The molecule has 0 amide bonds. The number of aryl methyl sites for hydroxylation is 1. The fourth-order valence-corrected chi connectivity index (χ4v) is 1.74. The van der Waals surface area contributed by atoms with Gasteiger partial charge in [0.15, 0.2) is 0 Å². The minimum absolute atomic E-state index is 0.219. The molecule has 0 radical (unpaired) electrons. The van der Waals surface area contributed by atoms with E-state index in [4.69, 9.17) is 20.1 Å². The predicted molar refractivity (Wildman–Crippen MR) is 112 cm³/mol. The molecule has 0 spiro atoms. The van der Waals surface area contributed by atoms with Crippen LogP contribution in [0.15, 0.2) is 31.4 Å². The highest BCUT2D eigenvalue weighted by molar-refractivity contribution is 5.84. The summed E-state index contributed by atoms with van der Waals surface area (Å²) in [5.41, 5.74) is -3.22. The third kappa shape index (κ3) is 12.9. The maximum absolute atomic E-state index is 11.0. The van der Waals surface area contributed by atoms with Crippen molar-refractivity contribution in [3.8, 4) is 0 Å². The van der Waals surface area contributed by atoms with Gasteiger partial charge in [0.2, 0.25) is 0 Å². The molecular weight excluding hydrogens is 448 g/mol. The Bertz CT molecular complexity index is 1180.